The van der Waals surface area contributed by atoms with Gasteiger partial charge in [-0.2, -0.15) is 0 Å². The summed E-state index contributed by atoms with van der Waals surface area (Å²) in [5, 5.41) is 0.511. The summed E-state index contributed by atoms with van der Waals surface area (Å²) < 4.78 is 0. The van der Waals surface area contributed by atoms with Crippen molar-refractivity contribution in [2.24, 2.45) is 5.73 Å². The number of nitrogens with two attached hydrogens (primary N) is 1. The molecule has 0 saturated heterocycles. The van der Waals surface area contributed by atoms with E-state index in [2.05, 4.69) is 44.2 Å². The van der Waals surface area contributed by atoms with Gasteiger partial charge in [-0.15, -0.1) is 11.8 Å². The van der Waals surface area contributed by atoms with E-state index in [1.165, 1.54) is 16.0 Å². The van der Waals surface area contributed by atoms with E-state index in [9.17, 15) is 0 Å². The fraction of sp³-hybridized carbons (Fsp3) is 0.385. The van der Waals surface area contributed by atoms with E-state index in [-0.39, 0.29) is 6.04 Å². The highest BCUT2D eigenvalue weighted by Crippen LogP contribution is 2.38. The second-order valence-electron chi connectivity index (χ2n) is 4.29. The topological polar surface area (TPSA) is 26.0 Å². The van der Waals surface area contributed by atoms with Gasteiger partial charge in [-0.3, -0.25) is 0 Å². The van der Waals surface area contributed by atoms with Crippen molar-refractivity contribution in [2.45, 2.75) is 36.5 Å². The van der Waals surface area contributed by atoms with Crippen molar-refractivity contribution < 1.29 is 0 Å². The molecule has 0 amide bonds. The third-order valence-corrected chi connectivity index (χ3v) is 4.06. The van der Waals surface area contributed by atoms with Gasteiger partial charge in [0, 0.05) is 16.2 Å². The van der Waals surface area contributed by atoms with Gasteiger partial charge in [-0.25, -0.2) is 0 Å². The third-order valence-electron chi connectivity index (χ3n) is 2.63. The van der Waals surface area contributed by atoms with Crippen molar-refractivity contribution in [3.63, 3.8) is 0 Å². The molecule has 2 rings (SSSR count). The summed E-state index contributed by atoms with van der Waals surface area (Å²) in [5.74, 6) is 0. The lowest BCUT2D eigenvalue weighted by atomic mass is 10.0. The molecule has 0 aromatic heterocycles. The normalized spacial score (nSPS) is 20.9. The Balaban J connectivity index is 2.10. The molecule has 15 heavy (non-hydrogen) atoms. The van der Waals surface area contributed by atoms with Crippen molar-refractivity contribution in [3.8, 4) is 0 Å². The average molecular weight is 219 g/mol. The number of benzene rings is 1. The first kappa shape index (κ1) is 10.8. The smallest absolute Gasteiger partial charge is 0.0354 e. The van der Waals surface area contributed by atoms with Gasteiger partial charge in [0.15, 0.2) is 0 Å². The maximum Gasteiger partial charge on any atom is 0.0354 e. The fourth-order valence-electron chi connectivity index (χ4n) is 1.92. The second kappa shape index (κ2) is 4.42. The number of rotatable bonds is 2. The van der Waals surface area contributed by atoms with Crippen molar-refractivity contribution in [1.82, 2.24) is 0 Å². The van der Waals surface area contributed by atoms with Gasteiger partial charge in [-0.1, -0.05) is 29.8 Å². The van der Waals surface area contributed by atoms with Crippen LogP contribution in [-0.2, 0) is 6.42 Å². The molecule has 2 N–H and O–H groups in total. The molecular weight excluding hydrogens is 202 g/mol. The van der Waals surface area contributed by atoms with Crippen LogP contribution < -0.4 is 5.73 Å². The Morgan fingerprint density at radius 1 is 1.47 bits per heavy atom. The first-order chi connectivity index (χ1) is 7.16. The summed E-state index contributed by atoms with van der Waals surface area (Å²) in [4.78, 5) is 1.40. The number of fused-ring (bicyclic) bond motifs is 1. The van der Waals surface area contributed by atoms with E-state index < -0.39 is 0 Å². The third kappa shape index (κ3) is 2.44. The Morgan fingerprint density at radius 2 is 2.20 bits per heavy atom. The minimum atomic E-state index is 0.174. The molecular formula is C13H17NS. The summed E-state index contributed by atoms with van der Waals surface area (Å²) in [7, 11) is 0. The lowest BCUT2D eigenvalue weighted by Gasteiger charge is -2.14. The van der Waals surface area contributed by atoms with Gasteiger partial charge in [0.2, 0.25) is 0 Å². The predicted octanol–water partition coefficient (Wildman–Crippen LogP) is 3.00. The van der Waals surface area contributed by atoms with Crippen LogP contribution in [0.1, 0.15) is 19.4 Å². The molecule has 0 spiro atoms. The molecule has 0 fully saturated rings. The Kier molecular flexibility index (Phi) is 3.17. The van der Waals surface area contributed by atoms with Crippen LogP contribution in [0.4, 0.5) is 0 Å². The van der Waals surface area contributed by atoms with Gasteiger partial charge in [0.1, 0.15) is 0 Å². The fourth-order valence-corrected chi connectivity index (χ4v) is 3.20. The van der Waals surface area contributed by atoms with Gasteiger partial charge in [0.05, 0.1) is 0 Å². The number of thioether (sulfide) groups is 1. The molecule has 0 saturated carbocycles. The molecule has 1 aromatic rings. The second-order valence-corrected chi connectivity index (χ2v) is 5.57. The highest BCUT2D eigenvalue weighted by atomic mass is 32.2. The van der Waals surface area contributed by atoms with Crippen LogP contribution in [0, 0.1) is 0 Å². The lowest BCUT2D eigenvalue weighted by molar-refractivity contribution is 0.745. The van der Waals surface area contributed by atoms with Crippen LogP contribution >= 0.6 is 11.8 Å². The number of allylic oxidation sites excluding steroid dienone is 1. The highest BCUT2D eigenvalue weighted by Gasteiger charge is 2.25. The first-order valence-electron chi connectivity index (χ1n) is 5.32. The zero-order valence-electron chi connectivity index (χ0n) is 9.23. The van der Waals surface area contributed by atoms with E-state index in [1.807, 2.05) is 11.8 Å². The molecule has 2 heteroatoms. The largest absolute Gasteiger partial charge is 0.324 e. The molecule has 80 valence electrons. The molecule has 1 aliphatic heterocycles. The van der Waals surface area contributed by atoms with Crippen LogP contribution in [-0.4, -0.2) is 11.3 Å². The van der Waals surface area contributed by atoms with Crippen LogP contribution in [0.3, 0.4) is 0 Å². The van der Waals surface area contributed by atoms with E-state index in [0.717, 1.165) is 6.42 Å². The lowest BCUT2D eigenvalue weighted by Crippen LogP contribution is -2.30. The maximum absolute atomic E-state index is 6.16. The Labute approximate surface area is 95.8 Å². The van der Waals surface area contributed by atoms with Gasteiger partial charge in [-0.05, 0) is 31.9 Å². The van der Waals surface area contributed by atoms with E-state index in [0.29, 0.717) is 5.25 Å². The monoisotopic (exact) mass is 219 g/mol. The van der Waals surface area contributed by atoms with Crippen LogP contribution in [0.15, 0.2) is 40.8 Å². The molecule has 2 unspecified atom stereocenters. The Morgan fingerprint density at radius 3 is 2.87 bits per heavy atom. The quantitative estimate of drug-likeness (QED) is 0.774. The minimum absolute atomic E-state index is 0.174. The molecule has 0 bridgehead atoms. The van der Waals surface area contributed by atoms with Gasteiger partial charge < -0.3 is 5.73 Å². The van der Waals surface area contributed by atoms with E-state index in [4.69, 9.17) is 5.73 Å². The van der Waals surface area contributed by atoms with Crippen LogP contribution in [0.25, 0.3) is 0 Å². The van der Waals surface area contributed by atoms with E-state index >= 15 is 0 Å². The standard InChI is InChI=1S/C13H17NS/c1-9(2)7-11(14)13-8-10-5-3-4-6-12(10)15-13/h3-7,11,13H,8,14H2,1-2H3. The number of hydrogen-bond donors (Lipinski definition) is 1. The summed E-state index contributed by atoms with van der Waals surface area (Å²) >= 11 is 1.92. The predicted molar refractivity (Wildman–Crippen MR) is 67.2 cm³/mol. The SMILES string of the molecule is CC(C)=CC(N)C1Cc2ccccc2S1. The molecule has 1 aromatic carbocycles. The molecule has 1 nitrogen and oxygen atoms in total. The number of hydrogen-bond acceptors (Lipinski definition) is 2. The molecule has 1 heterocycles. The summed E-state index contributed by atoms with van der Waals surface area (Å²) in [6.07, 6.45) is 3.27. The van der Waals surface area contributed by atoms with Crippen molar-refractivity contribution in [3.05, 3.63) is 41.5 Å². The summed E-state index contributed by atoms with van der Waals surface area (Å²) in [5.41, 5.74) is 8.92. The van der Waals surface area contributed by atoms with Gasteiger partial charge in [0.25, 0.3) is 0 Å². The van der Waals surface area contributed by atoms with Crippen molar-refractivity contribution >= 4 is 11.8 Å². The Hall–Kier alpha value is -0.730. The van der Waals surface area contributed by atoms with Crippen molar-refractivity contribution in [2.75, 3.05) is 0 Å². The molecule has 1 aliphatic rings. The highest BCUT2D eigenvalue weighted by molar-refractivity contribution is 8.00. The van der Waals surface area contributed by atoms with Gasteiger partial charge >= 0.3 is 0 Å². The van der Waals surface area contributed by atoms with Crippen molar-refractivity contribution in [1.29, 1.82) is 0 Å². The minimum Gasteiger partial charge on any atom is -0.324 e. The zero-order valence-corrected chi connectivity index (χ0v) is 10.1. The van der Waals surface area contributed by atoms with E-state index in [1.54, 1.807) is 0 Å². The van der Waals surface area contributed by atoms with Crippen LogP contribution in [0.2, 0.25) is 0 Å². The summed E-state index contributed by atoms with van der Waals surface area (Å²) in [6, 6.07) is 8.77. The molecule has 0 radical (unpaired) electrons. The first-order valence-corrected chi connectivity index (χ1v) is 6.20. The van der Waals surface area contributed by atoms with Crippen LogP contribution in [0.5, 0.6) is 0 Å². The molecule has 2 atom stereocenters. The maximum atomic E-state index is 6.16. The molecule has 0 aliphatic carbocycles. The average Bonchev–Trinajstić information content (AvgIpc) is 2.59. The zero-order chi connectivity index (χ0) is 10.8. The summed E-state index contributed by atoms with van der Waals surface area (Å²) in [6.45, 7) is 4.21. The Bertz CT molecular complexity index is 355.